The second-order valence-electron chi connectivity index (χ2n) is 5.75. The molecule has 0 bridgehead atoms. The van der Waals surface area contributed by atoms with E-state index in [4.69, 9.17) is 16.3 Å². The van der Waals surface area contributed by atoms with Gasteiger partial charge in [0.1, 0.15) is 5.75 Å². The van der Waals surface area contributed by atoms with E-state index in [1.165, 1.54) is 11.0 Å². The van der Waals surface area contributed by atoms with E-state index in [0.29, 0.717) is 22.1 Å². The van der Waals surface area contributed by atoms with Gasteiger partial charge in [-0.25, -0.2) is 8.42 Å². The van der Waals surface area contributed by atoms with Crippen molar-refractivity contribution in [3.8, 4) is 5.75 Å². The van der Waals surface area contributed by atoms with Gasteiger partial charge in [-0.3, -0.25) is 9.10 Å². The number of hydrogen-bond donors (Lipinski definition) is 0. The average Bonchev–Trinajstić information content (AvgIpc) is 2.59. The van der Waals surface area contributed by atoms with Gasteiger partial charge in [0.15, 0.2) is 6.10 Å². The molecule has 1 aliphatic heterocycles. The third-order valence-corrected chi connectivity index (χ3v) is 5.32. The van der Waals surface area contributed by atoms with Crippen LogP contribution in [-0.4, -0.2) is 40.3 Å². The molecule has 1 atom stereocenters. The summed E-state index contributed by atoms with van der Waals surface area (Å²) < 4.78 is 31.3. The van der Waals surface area contributed by atoms with Crippen LogP contribution in [0.3, 0.4) is 0 Å². The number of ether oxygens (including phenoxy) is 1. The predicted octanol–water partition coefficient (Wildman–Crippen LogP) is 2.53. The molecule has 0 aliphatic carbocycles. The molecule has 2 aromatic rings. The normalized spacial score (nSPS) is 16.8. The van der Waals surface area contributed by atoms with Gasteiger partial charge in [0, 0.05) is 17.8 Å². The molecule has 0 N–H and O–H groups in total. The van der Waals surface area contributed by atoms with Crippen LogP contribution < -0.4 is 13.9 Å². The molecular formula is C17H17ClN2O4S. The van der Waals surface area contributed by atoms with Crippen LogP contribution in [0, 0.1) is 0 Å². The molecule has 0 fully saturated rings. The first kappa shape index (κ1) is 17.6. The highest BCUT2D eigenvalue weighted by Gasteiger charge is 2.36. The van der Waals surface area contributed by atoms with Crippen molar-refractivity contribution in [2.75, 3.05) is 29.1 Å². The lowest BCUT2D eigenvalue weighted by molar-refractivity contribution is -0.124. The highest BCUT2D eigenvalue weighted by atomic mass is 35.5. The molecule has 0 aromatic heterocycles. The molecule has 1 unspecified atom stereocenters. The third kappa shape index (κ3) is 3.57. The molecule has 3 rings (SSSR count). The summed E-state index contributed by atoms with van der Waals surface area (Å²) in [4.78, 5) is 14.3. The number of benzene rings is 2. The number of nitrogens with zero attached hydrogens (tertiary/aromatic N) is 2. The van der Waals surface area contributed by atoms with Crippen LogP contribution in [-0.2, 0) is 14.8 Å². The molecular weight excluding hydrogens is 364 g/mol. The first-order chi connectivity index (χ1) is 11.8. The second-order valence-corrected chi connectivity index (χ2v) is 8.09. The summed E-state index contributed by atoms with van der Waals surface area (Å²) >= 11 is 5.97. The average molecular weight is 381 g/mol. The smallest absolute Gasteiger partial charge is 0.269 e. The number of fused-ring (bicyclic) bond motifs is 1. The molecule has 6 nitrogen and oxygen atoms in total. The van der Waals surface area contributed by atoms with Gasteiger partial charge >= 0.3 is 0 Å². The van der Waals surface area contributed by atoms with E-state index in [9.17, 15) is 13.2 Å². The van der Waals surface area contributed by atoms with Crippen LogP contribution in [0.2, 0.25) is 5.02 Å². The van der Waals surface area contributed by atoms with Crippen LogP contribution in [0.4, 0.5) is 11.4 Å². The Morgan fingerprint density at radius 2 is 1.92 bits per heavy atom. The Balaban J connectivity index is 1.94. The number of anilines is 2. The summed E-state index contributed by atoms with van der Waals surface area (Å²) in [7, 11) is -1.96. The quantitative estimate of drug-likeness (QED) is 0.820. The number of likely N-dealkylation sites (N-methyl/N-ethyl adjacent to an activating group) is 1. The van der Waals surface area contributed by atoms with Crippen molar-refractivity contribution in [2.45, 2.75) is 6.10 Å². The first-order valence-corrected chi connectivity index (χ1v) is 9.76. The molecule has 0 saturated carbocycles. The Morgan fingerprint density at radius 1 is 1.24 bits per heavy atom. The SMILES string of the molecule is CN(C(=O)C1CN(S(C)(=O)=O)c2cc(Cl)ccc2O1)c1ccccc1. The second kappa shape index (κ2) is 6.57. The standard InChI is InChI=1S/C17H17ClN2O4S/c1-19(13-6-4-3-5-7-13)17(21)16-11-20(25(2,22)23)14-10-12(18)8-9-15(14)24-16/h3-10,16H,11H2,1-2H3. The predicted molar refractivity (Wildman–Crippen MR) is 97.9 cm³/mol. The van der Waals surface area contributed by atoms with Crippen molar-refractivity contribution in [2.24, 2.45) is 0 Å². The number of carbonyl (C=O) groups is 1. The van der Waals surface area contributed by atoms with Gasteiger partial charge in [-0.1, -0.05) is 29.8 Å². The lowest BCUT2D eigenvalue weighted by atomic mass is 10.2. The van der Waals surface area contributed by atoms with Gasteiger partial charge < -0.3 is 9.64 Å². The van der Waals surface area contributed by atoms with Crippen molar-refractivity contribution >= 4 is 38.9 Å². The summed E-state index contributed by atoms with van der Waals surface area (Å²) in [6, 6.07) is 13.8. The highest BCUT2D eigenvalue weighted by Crippen LogP contribution is 2.37. The van der Waals surface area contributed by atoms with E-state index in [2.05, 4.69) is 0 Å². The lowest BCUT2D eigenvalue weighted by Gasteiger charge is -2.35. The number of rotatable bonds is 3. The zero-order chi connectivity index (χ0) is 18.2. The fraction of sp³-hybridized carbons (Fsp3) is 0.235. The molecule has 25 heavy (non-hydrogen) atoms. The Hall–Kier alpha value is -2.25. The van der Waals surface area contributed by atoms with Crippen molar-refractivity contribution < 1.29 is 17.9 Å². The third-order valence-electron chi connectivity index (χ3n) is 3.94. The highest BCUT2D eigenvalue weighted by molar-refractivity contribution is 7.92. The summed E-state index contributed by atoms with van der Waals surface area (Å²) in [5, 5.41) is 0.391. The fourth-order valence-corrected chi connectivity index (χ4v) is 3.73. The number of hydrogen-bond acceptors (Lipinski definition) is 4. The number of carbonyl (C=O) groups excluding carboxylic acids is 1. The Kier molecular flexibility index (Phi) is 4.62. The van der Waals surface area contributed by atoms with Crippen LogP contribution in [0.25, 0.3) is 0 Å². The van der Waals surface area contributed by atoms with Crippen LogP contribution >= 0.6 is 11.6 Å². The maximum absolute atomic E-state index is 12.8. The van der Waals surface area contributed by atoms with Crippen LogP contribution in [0.5, 0.6) is 5.75 Å². The lowest BCUT2D eigenvalue weighted by Crippen LogP contribution is -2.51. The van der Waals surface area contributed by atoms with Crippen molar-refractivity contribution in [1.29, 1.82) is 0 Å². The van der Waals surface area contributed by atoms with E-state index >= 15 is 0 Å². The molecule has 1 heterocycles. The van der Waals surface area contributed by atoms with Gasteiger partial charge in [-0.05, 0) is 30.3 Å². The summed E-state index contributed by atoms with van der Waals surface area (Å²) in [5.74, 6) is -0.0265. The van der Waals surface area contributed by atoms with Gasteiger partial charge in [0.25, 0.3) is 5.91 Å². The van der Waals surface area contributed by atoms with E-state index in [1.54, 1.807) is 31.3 Å². The van der Waals surface area contributed by atoms with Crippen molar-refractivity contribution in [3.63, 3.8) is 0 Å². The van der Waals surface area contributed by atoms with Gasteiger partial charge in [0.2, 0.25) is 10.0 Å². The minimum atomic E-state index is -3.59. The van der Waals surface area contributed by atoms with Gasteiger partial charge in [-0.15, -0.1) is 0 Å². The molecule has 1 aliphatic rings. The zero-order valence-corrected chi connectivity index (χ0v) is 15.3. The number of halogens is 1. The topological polar surface area (TPSA) is 66.9 Å². The minimum absolute atomic E-state index is 0.109. The van der Waals surface area contributed by atoms with Crippen molar-refractivity contribution in [1.82, 2.24) is 0 Å². The van der Waals surface area contributed by atoms with E-state index in [-0.39, 0.29) is 12.5 Å². The van der Waals surface area contributed by atoms with Crippen molar-refractivity contribution in [3.05, 3.63) is 53.6 Å². The first-order valence-electron chi connectivity index (χ1n) is 7.54. The molecule has 8 heteroatoms. The fourth-order valence-electron chi connectivity index (χ4n) is 2.66. The summed E-state index contributed by atoms with van der Waals surface area (Å²) in [6.07, 6.45) is 0.138. The molecule has 0 spiro atoms. The number of sulfonamides is 1. The summed E-state index contributed by atoms with van der Waals surface area (Å²) in [5.41, 5.74) is 1.03. The maximum Gasteiger partial charge on any atom is 0.269 e. The Labute approximate surface area is 151 Å². The van der Waals surface area contributed by atoms with E-state index < -0.39 is 16.1 Å². The largest absolute Gasteiger partial charge is 0.476 e. The molecule has 0 saturated heterocycles. The van der Waals surface area contributed by atoms with Crippen LogP contribution in [0.15, 0.2) is 48.5 Å². The van der Waals surface area contributed by atoms with Crippen LogP contribution in [0.1, 0.15) is 0 Å². The van der Waals surface area contributed by atoms with E-state index in [0.717, 1.165) is 10.6 Å². The zero-order valence-electron chi connectivity index (χ0n) is 13.7. The maximum atomic E-state index is 12.8. The van der Waals surface area contributed by atoms with Gasteiger partial charge in [0.05, 0.1) is 18.5 Å². The van der Waals surface area contributed by atoms with E-state index in [1.807, 2.05) is 18.2 Å². The monoisotopic (exact) mass is 380 g/mol. The molecule has 1 amide bonds. The minimum Gasteiger partial charge on any atom is -0.476 e. The number of amides is 1. The Bertz CT molecular complexity index is 902. The molecule has 0 radical (unpaired) electrons. The van der Waals surface area contributed by atoms with Gasteiger partial charge in [-0.2, -0.15) is 0 Å². The summed E-state index contributed by atoms with van der Waals surface area (Å²) in [6.45, 7) is -0.109. The number of para-hydroxylation sites is 1. The molecule has 132 valence electrons. The Morgan fingerprint density at radius 3 is 2.56 bits per heavy atom. The molecule has 2 aromatic carbocycles.